The smallest absolute Gasteiger partial charge is 0.206 e. The summed E-state index contributed by atoms with van der Waals surface area (Å²) in [5, 5.41) is 0. The molecule has 1 aromatic carbocycles. The minimum Gasteiger partial charge on any atom is -0.206 e. The molecule has 1 aliphatic rings. The fourth-order valence-corrected chi connectivity index (χ4v) is 5.51. The van der Waals surface area contributed by atoms with Gasteiger partial charge in [0.25, 0.3) is 10.0 Å². The van der Waals surface area contributed by atoms with E-state index < -0.39 is 10.0 Å². The van der Waals surface area contributed by atoms with Crippen molar-refractivity contribution in [1.29, 1.82) is 0 Å². The molecule has 0 unspecified atom stereocenters. The van der Waals surface area contributed by atoms with Crippen LogP contribution in [0.25, 0.3) is 0 Å². The molecule has 20 heavy (non-hydrogen) atoms. The number of benzene rings is 1. The van der Waals surface area contributed by atoms with Crippen LogP contribution < -0.4 is 4.72 Å². The molecular weight excluding hydrogens is 358 g/mol. The lowest BCUT2D eigenvalue weighted by Crippen LogP contribution is -2.29. The highest BCUT2D eigenvalue weighted by atomic mass is 79.9. The van der Waals surface area contributed by atoms with Gasteiger partial charge in [-0.15, -0.1) is 11.3 Å². The third-order valence-corrected chi connectivity index (χ3v) is 6.90. The van der Waals surface area contributed by atoms with Gasteiger partial charge in [-0.3, -0.25) is 0 Å². The van der Waals surface area contributed by atoms with Crippen LogP contribution in [0.1, 0.15) is 24.4 Å². The van der Waals surface area contributed by atoms with E-state index in [2.05, 4.69) is 20.7 Å². The monoisotopic (exact) mass is 371 g/mol. The Morgan fingerprint density at radius 3 is 2.40 bits per heavy atom. The zero-order valence-electron chi connectivity index (χ0n) is 10.6. The summed E-state index contributed by atoms with van der Waals surface area (Å²) in [6, 6.07) is 13.1. The zero-order valence-corrected chi connectivity index (χ0v) is 13.8. The van der Waals surface area contributed by atoms with Crippen molar-refractivity contribution >= 4 is 37.3 Å². The van der Waals surface area contributed by atoms with E-state index in [9.17, 15) is 8.42 Å². The Balaban J connectivity index is 1.87. The van der Waals surface area contributed by atoms with Gasteiger partial charge in [0.1, 0.15) is 4.21 Å². The minimum atomic E-state index is -3.45. The molecule has 0 spiro atoms. The number of hydrogen-bond donors (Lipinski definition) is 1. The highest BCUT2D eigenvalue weighted by Gasteiger charge is 2.35. The van der Waals surface area contributed by atoms with Crippen LogP contribution in [0.5, 0.6) is 0 Å². The molecule has 3 nitrogen and oxygen atoms in total. The number of hydrogen-bond acceptors (Lipinski definition) is 3. The lowest BCUT2D eigenvalue weighted by Gasteiger charge is -2.18. The molecule has 0 aliphatic heterocycles. The number of nitrogens with one attached hydrogen (secondary N) is 1. The third kappa shape index (κ3) is 3.14. The largest absolute Gasteiger partial charge is 0.250 e. The minimum absolute atomic E-state index is 0.123. The van der Waals surface area contributed by atoms with E-state index in [1.807, 2.05) is 30.3 Å². The van der Waals surface area contributed by atoms with E-state index in [1.54, 1.807) is 12.1 Å². The van der Waals surface area contributed by atoms with Crippen LogP contribution in [0.3, 0.4) is 0 Å². The summed E-state index contributed by atoms with van der Waals surface area (Å²) in [5.74, 6) is 0.413. The van der Waals surface area contributed by atoms with Gasteiger partial charge in [-0.05, 0) is 52.4 Å². The van der Waals surface area contributed by atoms with Crippen LogP contribution in [0, 0.1) is 5.92 Å². The molecule has 1 N–H and O–H groups in total. The first-order chi connectivity index (χ1) is 9.56. The summed E-state index contributed by atoms with van der Waals surface area (Å²) in [4.78, 5) is 0. The zero-order chi connectivity index (χ0) is 14.2. The molecule has 106 valence electrons. The van der Waals surface area contributed by atoms with Crippen molar-refractivity contribution in [2.75, 3.05) is 0 Å². The highest BCUT2D eigenvalue weighted by Crippen LogP contribution is 2.42. The molecule has 1 saturated carbocycles. The first-order valence-corrected chi connectivity index (χ1v) is 9.48. The summed E-state index contributed by atoms with van der Waals surface area (Å²) in [5.41, 5.74) is 1.04. The van der Waals surface area contributed by atoms with E-state index in [4.69, 9.17) is 0 Å². The second kappa shape index (κ2) is 5.60. The molecular formula is C14H14BrNO2S2. The van der Waals surface area contributed by atoms with Crippen molar-refractivity contribution in [1.82, 2.24) is 4.72 Å². The Hall–Kier alpha value is -0.690. The van der Waals surface area contributed by atoms with Crippen LogP contribution >= 0.6 is 27.3 Å². The van der Waals surface area contributed by atoms with Crippen LogP contribution in [0.4, 0.5) is 0 Å². The summed E-state index contributed by atoms with van der Waals surface area (Å²) in [6.07, 6.45) is 2.16. The average Bonchev–Trinajstić information content (AvgIpc) is 3.18. The molecule has 2 aromatic rings. The van der Waals surface area contributed by atoms with Gasteiger partial charge in [0.15, 0.2) is 0 Å². The molecule has 1 fully saturated rings. The van der Waals surface area contributed by atoms with Crippen LogP contribution in [0.2, 0.25) is 0 Å². The predicted octanol–water partition coefficient (Wildman–Crippen LogP) is 3.94. The maximum Gasteiger partial charge on any atom is 0.250 e. The first-order valence-electron chi connectivity index (χ1n) is 6.39. The number of halogens is 1. The molecule has 3 rings (SSSR count). The van der Waals surface area contributed by atoms with Gasteiger partial charge in [-0.25, -0.2) is 13.1 Å². The highest BCUT2D eigenvalue weighted by molar-refractivity contribution is 9.11. The number of sulfonamides is 1. The SMILES string of the molecule is O=S(=O)(N[C@@H](c1ccccc1)C1CC1)c1ccc(Br)s1. The van der Waals surface area contributed by atoms with Gasteiger partial charge < -0.3 is 0 Å². The van der Waals surface area contributed by atoms with Gasteiger partial charge in [0.05, 0.1) is 3.79 Å². The first kappa shape index (κ1) is 14.3. The van der Waals surface area contributed by atoms with E-state index in [-0.39, 0.29) is 6.04 Å². The topological polar surface area (TPSA) is 46.2 Å². The van der Waals surface area contributed by atoms with Crippen molar-refractivity contribution in [3.8, 4) is 0 Å². The molecule has 1 heterocycles. The van der Waals surface area contributed by atoms with Crippen LogP contribution in [0.15, 0.2) is 50.5 Å². The summed E-state index contributed by atoms with van der Waals surface area (Å²) >= 11 is 4.53. The van der Waals surface area contributed by atoms with E-state index in [1.165, 1.54) is 11.3 Å². The number of rotatable bonds is 5. The normalized spacial score (nSPS) is 17.1. The van der Waals surface area contributed by atoms with Crippen molar-refractivity contribution in [3.63, 3.8) is 0 Å². The molecule has 0 radical (unpaired) electrons. The lowest BCUT2D eigenvalue weighted by molar-refractivity contribution is 0.530. The molecule has 0 saturated heterocycles. The van der Waals surface area contributed by atoms with E-state index >= 15 is 0 Å². The second-order valence-corrected chi connectivity index (χ2v) is 9.31. The van der Waals surface area contributed by atoms with Crippen LogP contribution in [-0.4, -0.2) is 8.42 Å². The van der Waals surface area contributed by atoms with Crippen molar-refractivity contribution in [2.45, 2.75) is 23.1 Å². The molecule has 1 aliphatic carbocycles. The van der Waals surface area contributed by atoms with Crippen LogP contribution in [-0.2, 0) is 10.0 Å². The van der Waals surface area contributed by atoms with Gasteiger partial charge in [-0.1, -0.05) is 30.3 Å². The van der Waals surface area contributed by atoms with Gasteiger partial charge in [0.2, 0.25) is 0 Å². The van der Waals surface area contributed by atoms with E-state index in [0.29, 0.717) is 10.1 Å². The Morgan fingerprint density at radius 1 is 1.15 bits per heavy atom. The number of thiophene rings is 1. The van der Waals surface area contributed by atoms with Gasteiger partial charge in [0, 0.05) is 6.04 Å². The van der Waals surface area contributed by atoms with Crippen molar-refractivity contribution in [3.05, 3.63) is 51.8 Å². The fourth-order valence-electron chi connectivity index (χ4n) is 2.19. The average molecular weight is 372 g/mol. The second-order valence-electron chi connectivity index (χ2n) is 4.91. The fraction of sp³-hybridized carbons (Fsp3) is 0.286. The molecule has 6 heteroatoms. The molecule has 0 bridgehead atoms. The van der Waals surface area contributed by atoms with Crippen molar-refractivity contribution in [2.24, 2.45) is 5.92 Å². The van der Waals surface area contributed by atoms with Gasteiger partial charge in [-0.2, -0.15) is 0 Å². The maximum absolute atomic E-state index is 12.4. The quantitative estimate of drug-likeness (QED) is 0.864. The van der Waals surface area contributed by atoms with E-state index in [0.717, 1.165) is 22.2 Å². The molecule has 1 atom stereocenters. The third-order valence-electron chi connectivity index (χ3n) is 3.35. The summed E-state index contributed by atoms with van der Waals surface area (Å²) in [6.45, 7) is 0. The Labute approximate surface area is 131 Å². The summed E-state index contributed by atoms with van der Waals surface area (Å²) < 4.78 is 28.9. The predicted molar refractivity (Wildman–Crippen MR) is 84.2 cm³/mol. The maximum atomic E-state index is 12.4. The lowest BCUT2D eigenvalue weighted by atomic mass is 10.0. The summed E-state index contributed by atoms with van der Waals surface area (Å²) in [7, 11) is -3.45. The van der Waals surface area contributed by atoms with Gasteiger partial charge >= 0.3 is 0 Å². The molecule has 0 amide bonds. The standard InChI is InChI=1S/C14H14BrNO2S2/c15-12-8-9-13(19-12)20(17,18)16-14(11-6-7-11)10-4-2-1-3-5-10/h1-5,8-9,11,14,16H,6-7H2/t14-/m0/s1. The van der Waals surface area contributed by atoms with Crippen molar-refractivity contribution < 1.29 is 8.42 Å². The Kier molecular flexibility index (Phi) is 3.99. The molecule has 1 aromatic heterocycles. The Morgan fingerprint density at radius 2 is 1.85 bits per heavy atom. The Bertz CT molecular complexity index is 693.